The summed E-state index contributed by atoms with van der Waals surface area (Å²) in [5.74, 6) is 0. The van der Waals surface area contributed by atoms with Crippen LogP contribution < -0.4 is 5.32 Å². The summed E-state index contributed by atoms with van der Waals surface area (Å²) in [6.45, 7) is 8.82. The van der Waals surface area contributed by atoms with Crippen LogP contribution in [0.2, 0.25) is 0 Å². The van der Waals surface area contributed by atoms with E-state index >= 15 is 0 Å². The molecule has 0 amide bonds. The van der Waals surface area contributed by atoms with Crippen LogP contribution in [0.15, 0.2) is 0 Å². The molecule has 0 spiro atoms. The summed E-state index contributed by atoms with van der Waals surface area (Å²) in [7, 11) is 2.27. The normalized spacial score (nSPS) is 25.1. The van der Waals surface area contributed by atoms with Crippen LogP contribution in [-0.2, 0) is 4.74 Å². The van der Waals surface area contributed by atoms with Crippen molar-refractivity contribution in [2.45, 2.75) is 18.9 Å². The van der Waals surface area contributed by atoms with Crippen molar-refractivity contribution in [3.05, 3.63) is 0 Å². The Morgan fingerprint density at radius 2 is 1.94 bits per heavy atom. The molecular weight excluding hydrogens is 202 g/mol. The lowest BCUT2D eigenvalue weighted by atomic mass is 10.1. The predicted octanol–water partition coefficient (Wildman–Crippen LogP) is 0.00240. The quantitative estimate of drug-likeness (QED) is 0.732. The molecule has 2 aliphatic heterocycles. The van der Waals surface area contributed by atoms with E-state index in [9.17, 15) is 0 Å². The topological polar surface area (TPSA) is 27.7 Å². The highest BCUT2D eigenvalue weighted by atomic mass is 16.5. The Hall–Kier alpha value is -0.160. The number of nitrogens with one attached hydrogen (secondary N) is 1. The first-order valence-electron chi connectivity index (χ1n) is 6.57. The minimum absolute atomic E-state index is 0.794. The van der Waals surface area contributed by atoms with Gasteiger partial charge in [-0.2, -0.15) is 0 Å². The Labute approximate surface area is 98.9 Å². The van der Waals surface area contributed by atoms with Crippen LogP contribution in [-0.4, -0.2) is 75.4 Å². The van der Waals surface area contributed by atoms with E-state index in [1.54, 1.807) is 0 Å². The smallest absolute Gasteiger partial charge is 0.0594 e. The number of likely N-dealkylation sites (N-methyl/N-ethyl adjacent to an activating group) is 1. The van der Waals surface area contributed by atoms with Gasteiger partial charge >= 0.3 is 0 Å². The molecule has 0 bridgehead atoms. The van der Waals surface area contributed by atoms with Crippen LogP contribution in [0.4, 0.5) is 0 Å². The van der Waals surface area contributed by atoms with Crippen LogP contribution in [0.3, 0.4) is 0 Å². The summed E-state index contributed by atoms with van der Waals surface area (Å²) >= 11 is 0. The summed E-state index contributed by atoms with van der Waals surface area (Å²) in [6, 6.07) is 0.794. The Morgan fingerprint density at radius 3 is 2.62 bits per heavy atom. The lowest BCUT2D eigenvalue weighted by Gasteiger charge is -2.34. The van der Waals surface area contributed by atoms with Crippen molar-refractivity contribution in [3.63, 3.8) is 0 Å². The molecule has 2 rings (SSSR count). The molecule has 0 saturated carbocycles. The Bertz CT molecular complexity index is 189. The predicted molar refractivity (Wildman–Crippen MR) is 65.8 cm³/mol. The molecule has 0 aromatic rings. The van der Waals surface area contributed by atoms with Gasteiger partial charge in [0, 0.05) is 32.2 Å². The molecule has 1 N–H and O–H groups in total. The number of ether oxygens (including phenoxy) is 1. The van der Waals surface area contributed by atoms with Crippen LogP contribution in [0.1, 0.15) is 12.8 Å². The third kappa shape index (κ3) is 3.70. The Balaban J connectivity index is 1.63. The molecule has 0 radical (unpaired) electrons. The third-order valence-corrected chi connectivity index (χ3v) is 3.80. The van der Waals surface area contributed by atoms with E-state index < -0.39 is 0 Å². The molecule has 0 aromatic carbocycles. The molecule has 2 aliphatic rings. The molecule has 94 valence electrons. The fourth-order valence-electron chi connectivity index (χ4n) is 2.55. The molecule has 0 aliphatic carbocycles. The molecule has 4 heteroatoms. The lowest BCUT2D eigenvalue weighted by Crippen LogP contribution is -2.45. The van der Waals surface area contributed by atoms with Gasteiger partial charge < -0.3 is 15.0 Å². The van der Waals surface area contributed by atoms with Crippen molar-refractivity contribution in [2.75, 3.05) is 59.5 Å². The van der Waals surface area contributed by atoms with Crippen molar-refractivity contribution in [1.82, 2.24) is 15.1 Å². The van der Waals surface area contributed by atoms with Gasteiger partial charge in [0.25, 0.3) is 0 Å². The molecule has 16 heavy (non-hydrogen) atoms. The van der Waals surface area contributed by atoms with E-state index in [1.165, 1.54) is 39.0 Å². The maximum Gasteiger partial charge on any atom is 0.0594 e. The van der Waals surface area contributed by atoms with Gasteiger partial charge in [-0.3, -0.25) is 4.90 Å². The maximum atomic E-state index is 5.36. The molecule has 2 heterocycles. The zero-order valence-corrected chi connectivity index (χ0v) is 10.5. The second-order valence-corrected chi connectivity index (χ2v) is 4.92. The van der Waals surface area contributed by atoms with Crippen molar-refractivity contribution in [2.24, 2.45) is 0 Å². The number of piperidine rings is 1. The highest BCUT2D eigenvalue weighted by molar-refractivity contribution is 4.76. The standard InChI is InChI=1S/C12H25N3O/c1-14(12-2-4-13-5-3-12)6-7-15-8-10-16-11-9-15/h12-13H,2-11H2,1H3. The number of hydrogen-bond donors (Lipinski definition) is 1. The second kappa shape index (κ2) is 6.55. The fourth-order valence-corrected chi connectivity index (χ4v) is 2.55. The molecule has 0 atom stereocenters. The highest BCUT2D eigenvalue weighted by Crippen LogP contribution is 2.09. The third-order valence-electron chi connectivity index (χ3n) is 3.80. The summed E-state index contributed by atoms with van der Waals surface area (Å²) in [6.07, 6.45) is 2.61. The number of hydrogen-bond acceptors (Lipinski definition) is 4. The Morgan fingerprint density at radius 1 is 1.25 bits per heavy atom. The van der Waals surface area contributed by atoms with Crippen molar-refractivity contribution >= 4 is 0 Å². The summed E-state index contributed by atoms with van der Waals surface area (Å²) in [5.41, 5.74) is 0. The van der Waals surface area contributed by atoms with Gasteiger partial charge in [0.1, 0.15) is 0 Å². The van der Waals surface area contributed by atoms with Crippen LogP contribution in [0.25, 0.3) is 0 Å². The van der Waals surface area contributed by atoms with Gasteiger partial charge in [-0.15, -0.1) is 0 Å². The average molecular weight is 227 g/mol. The van der Waals surface area contributed by atoms with Crippen LogP contribution in [0.5, 0.6) is 0 Å². The first kappa shape index (κ1) is 12.3. The number of rotatable bonds is 4. The van der Waals surface area contributed by atoms with Gasteiger partial charge in [0.2, 0.25) is 0 Å². The van der Waals surface area contributed by atoms with Gasteiger partial charge in [-0.25, -0.2) is 0 Å². The van der Waals surface area contributed by atoms with Gasteiger partial charge in [-0.05, 0) is 33.0 Å². The maximum absolute atomic E-state index is 5.36. The first-order chi connectivity index (χ1) is 7.86. The first-order valence-corrected chi connectivity index (χ1v) is 6.57. The Kier molecular flexibility index (Phi) is 5.03. The fraction of sp³-hybridized carbons (Fsp3) is 1.00. The molecule has 2 saturated heterocycles. The average Bonchev–Trinajstić information content (AvgIpc) is 2.38. The second-order valence-electron chi connectivity index (χ2n) is 4.92. The number of nitrogens with zero attached hydrogens (tertiary/aromatic N) is 2. The van der Waals surface area contributed by atoms with Gasteiger partial charge in [-0.1, -0.05) is 0 Å². The van der Waals surface area contributed by atoms with Crippen LogP contribution >= 0.6 is 0 Å². The zero-order chi connectivity index (χ0) is 11.2. The molecule has 0 unspecified atom stereocenters. The van der Waals surface area contributed by atoms with Gasteiger partial charge in [0.15, 0.2) is 0 Å². The summed E-state index contributed by atoms with van der Waals surface area (Å²) in [4.78, 5) is 5.05. The summed E-state index contributed by atoms with van der Waals surface area (Å²) in [5, 5.41) is 3.42. The van der Waals surface area contributed by atoms with E-state index in [4.69, 9.17) is 4.74 Å². The largest absolute Gasteiger partial charge is 0.379 e. The van der Waals surface area contributed by atoms with E-state index in [-0.39, 0.29) is 0 Å². The molecule has 0 aromatic heterocycles. The van der Waals surface area contributed by atoms with Crippen LogP contribution in [0, 0.1) is 0 Å². The van der Waals surface area contributed by atoms with Crippen molar-refractivity contribution in [3.8, 4) is 0 Å². The van der Waals surface area contributed by atoms with E-state index in [0.29, 0.717) is 0 Å². The van der Waals surface area contributed by atoms with E-state index in [1.807, 2.05) is 0 Å². The summed E-state index contributed by atoms with van der Waals surface area (Å²) < 4.78 is 5.36. The number of morpholine rings is 1. The minimum atomic E-state index is 0.794. The van der Waals surface area contributed by atoms with Gasteiger partial charge in [0.05, 0.1) is 13.2 Å². The molecular formula is C12H25N3O. The van der Waals surface area contributed by atoms with Crippen molar-refractivity contribution in [1.29, 1.82) is 0 Å². The SMILES string of the molecule is CN(CCN1CCOCC1)C1CCNCC1. The molecule has 2 fully saturated rings. The minimum Gasteiger partial charge on any atom is -0.379 e. The lowest BCUT2D eigenvalue weighted by molar-refractivity contribution is 0.0318. The van der Waals surface area contributed by atoms with E-state index in [2.05, 4.69) is 22.2 Å². The monoisotopic (exact) mass is 227 g/mol. The zero-order valence-electron chi connectivity index (χ0n) is 10.5. The molecule has 4 nitrogen and oxygen atoms in total. The highest BCUT2D eigenvalue weighted by Gasteiger charge is 2.18. The van der Waals surface area contributed by atoms with Crippen molar-refractivity contribution < 1.29 is 4.74 Å². The van der Waals surface area contributed by atoms with E-state index in [0.717, 1.165) is 32.3 Å².